The van der Waals surface area contributed by atoms with Gasteiger partial charge in [0.1, 0.15) is 5.03 Å². The second-order valence-electron chi connectivity index (χ2n) is 5.94. The topological polar surface area (TPSA) is 73.8 Å². The zero-order valence-electron chi connectivity index (χ0n) is 14.0. The molecule has 0 bridgehead atoms. The summed E-state index contributed by atoms with van der Waals surface area (Å²) >= 11 is 1.50. The SMILES string of the molecule is CC(C)c1ncn(Cc2cccnc2)c1Sc1cccc([N+](=O)[O-])c1. The third-order valence-electron chi connectivity index (χ3n) is 3.68. The minimum absolute atomic E-state index is 0.0921. The molecule has 0 aliphatic carbocycles. The van der Waals surface area contributed by atoms with Crippen molar-refractivity contribution in [2.24, 2.45) is 0 Å². The number of benzene rings is 1. The van der Waals surface area contributed by atoms with Gasteiger partial charge in [-0.2, -0.15) is 0 Å². The normalized spacial score (nSPS) is 11.0. The number of nitro benzene ring substituents is 1. The number of pyridine rings is 1. The van der Waals surface area contributed by atoms with Crippen LogP contribution in [0.3, 0.4) is 0 Å². The van der Waals surface area contributed by atoms with Crippen LogP contribution in [0.4, 0.5) is 5.69 Å². The Bertz CT molecular complexity index is 878. The third-order valence-corrected chi connectivity index (χ3v) is 4.81. The van der Waals surface area contributed by atoms with Gasteiger partial charge in [-0.05, 0) is 23.6 Å². The number of imidazole rings is 1. The van der Waals surface area contributed by atoms with E-state index < -0.39 is 0 Å². The van der Waals surface area contributed by atoms with Crippen LogP contribution in [-0.4, -0.2) is 19.5 Å². The van der Waals surface area contributed by atoms with Crippen molar-refractivity contribution in [1.29, 1.82) is 0 Å². The Labute approximate surface area is 150 Å². The zero-order valence-corrected chi connectivity index (χ0v) is 14.8. The first-order valence-electron chi connectivity index (χ1n) is 7.91. The minimum atomic E-state index is -0.375. The van der Waals surface area contributed by atoms with Gasteiger partial charge >= 0.3 is 0 Å². The maximum atomic E-state index is 11.0. The van der Waals surface area contributed by atoms with Gasteiger partial charge in [-0.15, -0.1) is 0 Å². The smallest absolute Gasteiger partial charge is 0.270 e. The van der Waals surface area contributed by atoms with E-state index in [0.29, 0.717) is 6.54 Å². The Balaban J connectivity index is 1.94. The van der Waals surface area contributed by atoms with Gasteiger partial charge in [-0.3, -0.25) is 15.1 Å². The van der Waals surface area contributed by atoms with Crippen molar-refractivity contribution in [3.63, 3.8) is 0 Å². The summed E-state index contributed by atoms with van der Waals surface area (Å²) < 4.78 is 2.07. The Hall–Kier alpha value is -2.67. The van der Waals surface area contributed by atoms with E-state index in [1.807, 2.05) is 30.7 Å². The molecule has 0 N–H and O–H groups in total. The Morgan fingerprint density at radius 1 is 1.28 bits per heavy atom. The van der Waals surface area contributed by atoms with Crippen LogP contribution in [-0.2, 0) is 6.54 Å². The largest absolute Gasteiger partial charge is 0.321 e. The molecule has 0 spiro atoms. The summed E-state index contributed by atoms with van der Waals surface area (Å²) in [5.74, 6) is 0.261. The fourth-order valence-electron chi connectivity index (χ4n) is 2.47. The maximum Gasteiger partial charge on any atom is 0.270 e. The summed E-state index contributed by atoms with van der Waals surface area (Å²) in [4.78, 5) is 20.2. The van der Waals surface area contributed by atoms with Crippen molar-refractivity contribution in [3.8, 4) is 0 Å². The number of nitrogens with zero attached hydrogens (tertiary/aromatic N) is 4. The molecule has 2 aromatic heterocycles. The Morgan fingerprint density at radius 2 is 2.12 bits per heavy atom. The van der Waals surface area contributed by atoms with E-state index in [1.165, 1.54) is 17.8 Å². The maximum absolute atomic E-state index is 11.0. The Kier molecular flexibility index (Phi) is 5.14. The molecule has 0 saturated carbocycles. The summed E-state index contributed by atoms with van der Waals surface area (Å²) in [7, 11) is 0. The quantitative estimate of drug-likeness (QED) is 0.481. The molecule has 128 valence electrons. The lowest BCUT2D eigenvalue weighted by molar-refractivity contribution is -0.385. The molecule has 0 saturated heterocycles. The van der Waals surface area contributed by atoms with Gasteiger partial charge in [0.2, 0.25) is 0 Å². The number of nitro groups is 1. The highest BCUT2D eigenvalue weighted by atomic mass is 32.2. The van der Waals surface area contributed by atoms with Gasteiger partial charge in [-0.25, -0.2) is 4.98 Å². The molecule has 0 amide bonds. The summed E-state index contributed by atoms with van der Waals surface area (Å²) in [6.45, 7) is 4.84. The molecular weight excluding hydrogens is 336 g/mol. The van der Waals surface area contributed by atoms with Crippen molar-refractivity contribution in [1.82, 2.24) is 14.5 Å². The molecule has 0 fully saturated rings. The molecule has 3 aromatic rings. The predicted octanol–water partition coefficient (Wildman–Crippen LogP) is 4.51. The van der Waals surface area contributed by atoms with E-state index in [9.17, 15) is 10.1 Å². The molecule has 0 atom stereocenters. The van der Waals surface area contributed by atoms with Gasteiger partial charge in [0.15, 0.2) is 0 Å². The highest BCUT2D eigenvalue weighted by Crippen LogP contribution is 2.35. The van der Waals surface area contributed by atoms with Gasteiger partial charge in [-0.1, -0.05) is 37.7 Å². The molecule has 2 heterocycles. The first-order chi connectivity index (χ1) is 12.0. The lowest BCUT2D eigenvalue weighted by Gasteiger charge is -2.11. The zero-order chi connectivity index (χ0) is 17.8. The molecule has 0 unspecified atom stereocenters. The fraction of sp³-hybridized carbons (Fsp3) is 0.222. The molecule has 0 radical (unpaired) electrons. The van der Waals surface area contributed by atoms with E-state index in [2.05, 4.69) is 28.4 Å². The van der Waals surface area contributed by atoms with Crippen LogP contribution in [0.1, 0.15) is 31.0 Å². The van der Waals surface area contributed by atoms with Crippen LogP contribution in [0.15, 0.2) is 65.0 Å². The number of hydrogen-bond acceptors (Lipinski definition) is 5. The van der Waals surface area contributed by atoms with Crippen molar-refractivity contribution in [2.75, 3.05) is 0 Å². The van der Waals surface area contributed by atoms with Crippen LogP contribution in [0.25, 0.3) is 0 Å². The van der Waals surface area contributed by atoms with Crippen LogP contribution < -0.4 is 0 Å². The highest BCUT2D eigenvalue weighted by Gasteiger charge is 2.17. The van der Waals surface area contributed by atoms with E-state index in [-0.39, 0.29) is 16.5 Å². The van der Waals surface area contributed by atoms with E-state index in [1.54, 1.807) is 18.3 Å². The van der Waals surface area contributed by atoms with E-state index in [4.69, 9.17) is 0 Å². The van der Waals surface area contributed by atoms with Gasteiger partial charge in [0.05, 0.1) is 23.5 Å². The molecule has 3 rings (SSSR count). The fourth-order valence-corrected chi connectivity index (χ4v) is 3.64. The average Bonchev–Trinajstić information content (AvgIpc) is 2.99. The minimum Gasteiger partial charge on any atom is -0.321 e. The predicted molar refractivity (Wildman–Crippen MR) is 96.9 cm³/mol. The van der Waals surface area contributed by atoms with Crippen molar-refractivity contribution in [3.05, 3.63) is 76.5 Å². The van der Waals surface area contributed by atoms with Crippen molar-refractivity contribution < 1.29 is 4.92 Å². The van der Waals surface area contributed by atoms with Gasteiger partial charge in [0, 0.05) is 29.4 Å². The lowest BCUT2D eigenvalue weighted by Crippen LogP contribution is -2.01. The molecule has 6 nitrogen and oxygen atoms in total. The van der Waals surface area contributed by atoms with E-state index >= 15 is 0 Å². The van der Waals surface area contributed by atoms with Gasteiger partial charge in [0.25, 0.3) is 5.69 Å². The van der Waals surface area contributed by atoms with Crippen LogP contribution in [0.2, 0.25) is 0 Å². The monoisotopic (exact) mass is 354 g/mol. The first-order valence-corrected chi connectivity index (χ1v) is 8.72. The molecule has 0 aliphatic heterocycles. The molecular formula is C18H18N4O2S. The number of aromatic nitrogens is 3. The summed E-state index contributed by atoms with van der Waals surface area (Å²) in [5, 5.41) is 12.0. The molecule has 7 heteroatoms. The molecule has 0 aliphatic rings. The number of rotatable bonds is 6. The van der Waals surface area contributed by atoms with Crippen LogP contribution in [0, 0.1) is 10.1 Å². The van der Waals surface area contributed by atoms with Crippen molar-refractivity contribution >= 4 is 17.4 Å². The summed E-state index contributed by atoms with van der Waals surface area (Å²) in [6.07, 6.45) is 5.40. The standard InChI is InChI=1S/C18H18N4O2S/c1-13(2)17-18(25-16-7-3-6-15(9-16)22(23)24)21(12-20-17)11-14-5-4-8-19-10-14/h3-10,12-13H,11H2,1-2H3. The van der Waals surface area contributed by atoms with Crippen LogP contribution in [0.5, 0.6) is 0 Å². The molecule has 1 aromatic carbocycles. The third kappa shape index (κ3) is 4.06. The first kappa shape index (κ1) is 17.2. The Morgan fingerprint density at radius 3 is 2.80 bits per heavy atom. The summed E-state index contributed by atoms with van der Waals surface area (Å²) in [5.41, 5.74) is 2.16. The second kappa shape index (κ2) is 7.48. The lowest BCUT2D eigenvalue weighted by atomic mass is 10.1. The van der Waals surface area contributed by atoms with Crippen LogP contribution >= 0.6 is 11.8 Å². The second-order valence-corrected chi connectivity index (χ2v) is 7.00. The molecule has 25 heavy (non-hydrogen) atoms. The summed E-state index contributed by atoms with van der Waals surface area (Å²) in [6, 6.07) is 10.6. The number of hydrogen-bond donors (Lipinski definition) is 0. The van der Waals surface area contributed by atoms with Gasteiger partial charge < -0.3 is 4.57 Å². The van der Waals surface area contributed by atoms with E-state index in [0.717, 1.165) is 21.2 Å². The number of non-ortho nitro benzene ring substituents is 1. The highest BCUT2D eigenvalue weighted by molar-refractivity contribution is 7.99. The average molecular weight is 354 g/mol. The van der Waals surface area contributed by atoms with Crippen molar-refractivity contribution in [2.45, 2.75) is 36.2 Å².